The van der Waals surface area contributed by atoms with Gasteiger partial charge in [-0.25, -0.2) is 14.8 Å². The van der Waals surface area contributed by atoms with E-state index in [4.69, 9.17) is 19.4 Å². The van der Waals surface area contributed by atoms with Crippen molar-refractivity contribution in [2.75, 3.05) is 32.9 Å². The Morgan fingerprint density at radius 3 is 2.90 bits per heavy atom. The number of benzene rings is 1. The highest BCUT2D eigenvalue weighted by atomic mass is 19.1. The third kappa shape index (κ3) is 4.46. The molecule has 40 heavy (non-hydrogen) atoms. The summed E-state index contributed by atoms with van der Waals surface area (Å²) < 4.78 is 28.6. The van der Waals surface area contributed by atoms with Gasteiger partial charge in [-0.05, 0) is 43.4 Å². The largest absolute Gasteiger partial charge is 0.487 e. The summed E-state index contributed by atoms with van der Waals surface area (Å²) in [6.07, 6.45) is 1.93. The number of pyridine rings is 1. The van der Waals surface area contributed by atoms with Crippen molar-refractivity contribution in [1.82, 2.24) is 29.3 Å². The molecule has 1 saturated heterocycles. The standard InChI is InChI=1S/C29H33FN6O4/c1-34-26-22(13-20-21(32-26)8-11-35(28(20)37)10-3-9-30)33-27(34)23-12-18-4-2-5-24(25(18)36(23)15-17-6-7-17)39-16-19-14-31-29(38)40-19/h2,4-5,12-13,17,19,28,37H,3,6-11,14-16H2,1H3,(H,31,38)/t19-,28?/m0/s1. The highest BCUT2D eigenvalue weighted by molar-refractivity contribution is 5.92. The molecule has 5 heterocycles. The van der Waals surface area contributed by atoms with Gasteiger partial charge in [0.25, 0.3) is 0 Å². The number of aliphatic hydroxyl groups excluding tert-OH is 1. The molecule has 2 fully saturated rings. The van der Waals surface area contributed by atoms with Crippen LogP contribution in [-0.2, 0) is 24.8 Å². The van der Waals surface area contributed by atoms with E-state index in [1.807, 2.05) is 34.7 Å². The number of hydrogen-bond acceptors (Lipinski definition) is 7. The Balaban J connectivity index is 1.28. The molecular formula is C29H33FN6O4. The molecule has 0 spiro atoms. The van der Waals surface area contributed by atoms with Crippen LogP contribution in [-0.4, -0.2) is 74.2 Å². The summed E-state index contributed by atoms with van der Waals surface area (Å²) in [5.74, 6) is 2.15. The molecule has 2 atom stereocenters. The van der Waals surface area contributed by atoms with Crippen molar-refractivity contribution in [3.05, 3.63) is 41.6 Å². The lowest BCUT2D eigenvalue weighted by Crippen LogP contribution is -2.36. The molecule has 1 unspecified atom stereocenters. The van der Waals surface area contributed by atoms with Crippen LogP contribution in [0, 0.1) is 5.92 Å². The van der Waals surface area contributed by atoms with E-state index in [2.05, 4.69) is 22.0 Å². The molecule has 3 aromatic heterocycles. The van der Waals surface area contributed by atoms with Gasteiger partial charge in [0.1, 0.15) is 24.1 Å². The smallest absolute Gasteiger partial charge is 0.407 e. The predicted octanol–water partition coefficient (Wildman–Crippen LogP) is 3.70. The summed E-state index contributed by atoms with van der Waals surface area (Å²) in [6.45, 7) is 2.31. The SMILES string of the molecule is Cn1c(-c2cc3cccc(OC[C@@H]4CNC(=O)O4)c3n2CC2CC2)nc2cc3c(nc21)CCN(CCCF)C3O. The zero-order valence-corrected chi connectivity index (χ0v) is 22.5. The Kier molecular flexibility index (Phi) is 6.35. The number of alkyl halides is 1. The molecule has 10 nitrogen and oxygen atoms in total. The summed E-state index contributed by atoms with van der Waals surface area (Å²) in [7, 11) is 1.98. The van der Waals surface area contributed by atoms with Crippen molar-refractivity contribution in [2.45, 2.75) is 44.6 Å². The van der Waals surface area contributed by atoms with Crippen LogP contribution in [0.5, 0.6) is 5.75 Å². The molecule has 1 aliphatic carbocycles. The summed E-state index contributed by atoms with van der Waals surface area (Å²) in [4.78, 5) is 23.3. The van der Waals surface area contributed by atoms with Crippen molar-refractivity contribution >= 4 is 28.2 Å². The quantitative estimate of drug-likeness (QED) is 0.329. The summed E-state index contributed by atoms with van der Waals surface area (Å²) >= 11 is 0. The average molecular weight is 549 g/mol. The number of nitrogens with zero attached hydrogens (tertiary/aromatic N) is 5. The van der Waals surface area contributed by atoms with Gasteiger partial charge >= 0.3 is 6.09 Å². The van der Waals surface area contributed by atoms with Crippen LogP contribution >= 0.6 is 0 Å². The number of aromatic nitrogens is 4. The molecule has 3 aliphatic rings. The number of imidazole rings is 1. The number of amides is 1. The predicted molar refractivity (Wildman–Crippen MR) is 147 cm³/mol. The first kappa shape index (κ1) is 25.3. The lowest BCUT2D eigenvalue weighted by molar-refractivity contribution is -0.00843. The van der Waals surface area contributed by atoms with E-state index in [1.54, 1.807) is 0 Å². The van der Waals surface area contributed by atoms with E-state index >= 15 is 0 Å². The maximum Gasteiger partial charge on any atom is 0.407 e. The number of ether oxygens (including phenoxy) is 2. The maximum atomic E-state index is 12.8. The first-order chi connectivity index (χ1) is 19.5. The van der Waals surface area contributed by atoms with E-state index in [0.717, 1.165) is 57.1 Å². The Hall–Kier alpha value is -3.70. The number of cyclic esters (lactones) is 1. The van der Waals surface area contributed by atoms with Crippen molar-refractivity contribution in [3.8, 4) is 17.3 Å². The van der Waals surface area contributed by atoms with Crippen LogP contribution < -0.4 is 10.1 Å². The number of hydrogen-bond donors (Lipinski definition) is 2. The van der Waals surface area contributed by atoms with Gasteiger partial charge in [-0.3, -0.25) is 9.29 Å². The van der Waals surface area contributed by atoms with Gasteiger partial charge in [-0.2, -0.15) is 0 Å². The van der Waals surface area contributed by atoms with Crippen LogP contribution in [0.15, 0.2) is 30.3 Å². The number of para-hydroxylation sites is 1. The van der Waals surface area contributed by atoms with Gasteiger partial charge in [0.15, 0.2) is 17.6 Å². The molecule has 11 heteroatoms. The van der Waals surface area contributed by atoms with Crippen molar-refractivity contribution in [2.24, 2.45) is 13.0 Å². The first-order valence-electron chi connectivity index (χ1n) is 14.0. The molecule has 0 radical (unpaired) electrons. The number of aryl methyl sites for hydroxylation is 1. The van der Waals surface area contributed by atoms with Gasteiger partial charge in [-0.1, -0.05) is 12.1 Å². The molecule has 2 N–H and O–H groups in total. The van der Waals surface area contributed by atoms with Crippen LogP contribution in [0.25, 0.3) is 33.6 Å². The Bertz CT molecular complexity index is 1590. The van der Waals surface area contributed by atoms with Crippen molar-refractivity contribution in [1.29, 1.82) is 0 Å². The minimum absolute atomic E-state index is 0.272. The summed E-state index contributed by atoms with van der Waals surface area (Å²) in [5, 5.41) is 14.7. The number of halogens is 1. The lowest BCUT2D eigenvalue weighted by atomic mass is 10.0. The van der Waals surface area contributed by atoms with E-state index in [9.17, 15) is 14.3 Å². The highest BCUT2D eigenvalue weighted by Gasteiger charge is 2.30. The second kappa shape index (κ2) is 10.0. The van der Waals surface area contributed by atoms with E-state index in [0.29, 0.717) is 38.4 Å². The molecule has 7 rings (SSSR count). The Morgan fingerprint density at radius 1 is 1.25 bits per heavy atom. The highest BCUT2D eigenvalue weighted by Crippen LogP contribution is 2.39. The number of aliphatic hydroxyl groups is 1. The Labute approximate surface area is 230 Å². The van der Waals surface area contributed by atoms with E-state index in [-0.39, 0.29) is 12.7 Å². The van der Waals surface area contributed by atoms with Crippen LogP contribution in [0.2, 0.25) is 0 Å². The molecule has 210 valence electrons. The van der Waals surface area contributed by atoms with Gasteiger partial charge in [0.05, 0.1) is 30.1 Å². The monoisotopic (exact) mass is 548 g/mol. The third-order valence-corrected chi connectivity index (χ3v) is 8.22. The summed E-state index contributed by atoms with van der Waals surface area (Å²) in [6, 6.07) is 10.1. The third-order valence-electron chi connectivity index (χ3n) is 8.22. The fraction of sp³-hybridized carbons (Fsp3) is 0.483. The average Bonchev–Trinajstić information content (AvgIpc) is 3.43. The lowest BCUT2D eigenvalue weighted by Gasteiger charge is -2.33. The maximum absolute atomic E-state index is 12.8. The molecule has 1 amide bonds. The molecule has 1 saturated carbocycles. The second-order valence-electron chi connectivity index (χ2n) is 11.1. The van der Waals surface area contributed by atoms with Crippen LogP contribution in [0.1, 0.15) is 36.7 Å². The van der Waals surface area contributed by atoms with Gasteiger partial charge in [-0.15, -0.1) is 0 Å². The minimum Gasteiger partial charge on any atom is -0.487 e. The second-order valence-corrected chi connectivity index (χ2v) is 11.1. The van der Waals surface area contributed by atoms with E-state index < -0.39 is 19.0 Å². The van der Waals surface area contributed by atoms with Crippen molar-refractivity contribution in [3.63, 3.8) is 0 Å². The van der Waals surface area contributed by atoms with Gasteiger partial charge in [0, 0.05) is 44.1 Å². The van der Waals surface area contributed by atoms with E-state index in [1.165, 1.54) is 12.8 Å². The minimum atomic E-state index is -0.812. The van der Waals surface area contributed by atoms with Crippen LogP contribution in [0.3, 0.4) is 0 Å². The molecule has 1 aromatic carbocycles. The zero-order valence-electron chi connectivity index (χ0n) is 22.5. The number of carbonyl (C=O) groups excluding carboxylic acids is 1. The zero-order chi connectivity index (χ0) is 27.4. The molecule has 2 aliphatic heterocycles. The van der Waals surface area contributed by atoms with Crippen molar-refractivity contribution < 1.29 is 23.8 Å². The Morgan fingerprint density at radius 2 is 2.12 bits per heavy atom. The van der Waals surface area contributed by atoms with Crippen LogP contribution in [0.4, 0.5) is 9.18 Å². The number of fused-ring (bicyclic) bond motifs is 3. The first-order valence-corrected chi connectivity index (χ1v) is 14.0. The number of carbonyl (C=O) groups is 1. The summed E-state index contributed by atoms with van der Waals surface area (Å²) in [5.41, 5.74) is 5.09. The molecule has 0 bridgehead atoms. The number of rotatable bonds is 9. The molecular weight excluding hydrogens is 515 g/mol. The fourth-order valence-corrected chi connectivity index (χ4v) is 5.93. The fourth-order valence-electron chi connectivity index (χ4n) is 5.93. The number of alkyl carbamates (subject to hydrolysis) is 1. The molecule has 4 aromatic rings. The number of nitrogens with one attached hydrogen (secondary N) is 1. The van der Waals surface area contributed by atoms with Gasteiger partial charge in [0.2, 0.25) is 0 Å². The topological polar surface area (TPSA) is 107 Å². The normalized spacial score (nSPS) is 21.1. The van der Waals surface area contributed by atoms with Gasteiger partial charge < -0.3 is 29.0 Å².